The maximum absolute atomic E-state index is 6.35. The lowest BCUT2D eigenvalue weighted by Crippen LogP contribution is -1.91. The summed E-state index contributed by atoms with van der Waals surface area (Å²) >= 11 is 15.9. The molecule has 4 heteroatoms. The highest BCUT2D eigenvalue weighted by atomic mass is 35.5. The Labute approximate surface area is 107 Å². The quantitative estimate of drug-likeness (QED) is 0.668. The zero-order valence-electron chi connectivity index (χ0n) is 8.17. The van der Waals surface area contributed by atoms with E-state index in [-0.39, 0.29) is 5.38 Å². The van der Waals surface area contributed by atoms with Crippen molar-refractivity contribution < 1.29 is 0 Å². The van der Waals surface area contributed by atoms with Gasteiger partial charge in [0.2, 0.25) is 0 Å². The van der Waals surface area contributed by atoms with Crippen LogP contribution in [-0.4, -0.2) is 0 Å². The fraction of sp³-hybridized carbons (Fsp3) is 0.273. The lowest BCUT2D eigenvalue weighted by molar-refractivity contribution is 0.959. The predicted molar refractivity (Wildman–Crippen MR) is 70.7 cm³/mol. The molecule has 2 aromatic heterocycles. The zero-order chi connectivity index (χ0) is 10.8. The van der Waals surface area contributed by atoms with Crippen LogP contribution in [-0.2, 0) is 6.42 Å². The van der Waals surface area contributed by atoms with E-state index in [1.54, 1.807) is 22.7 Å². The number of halogens is 2. The average Bonchev–Trinajstić information content (AvgIpc) is 2.79. The molecule has 1 atom stereocenters. The summed E-state index contributed by atoms with van der Waals surface area (Å²) in [5.41, 5.74) is 1.12. The standard InChI is InChI=1S/C11H10Cl2S2/c1-7-6-15-11(10(7)13)9(12)5-8-3-2-4-14-8/h2-4,6,9H,5H2,1H3. The number of hydrogen-bond donors (Lipinski definition) is 0. The number of hydrogen-bond acceptors (Lipinski definition) is 2. The fourth-order valence-electron chi connectivity index (χ4n) is 1.36. The fourth-order valence-corrected chi connectivity index (χ4v) is 3.99. The Hall–Kier alpha value is -0.0200. The van der Waals surface area contributed by atoms with Crippen LogP contribution in [0, 0.1) is 6.92 Å². The number of thiophene rings is 2. The molecule has 15 heavy (non-hydrogen) atoms. The van der Waals surface area contributed by atoms with Crippen LogP contribution in [0.3, 0.4) is 0 Å². The Morgan fingerprint density at radius 1 is 1.40 bits per heavy atom. The first-order valence-electron chi connectivity index (χ1n) is 4.58. The molecule has 0 saturated heterocycles. The first-order chi connectivity index (χ1) is 7.18. The molecule has 0 aromatic carbocycles. The molecule has 0 N–H and O–H groups in total. The molecule has 0 aliphatic carbocycles. The maximum atomic E-state index is 6.35. The molecule has 0 fully saturated rings. The van der Waals surface area contributed by atoms with Crippen molar-refractivity contribution in [3.05, 3.63) is 43.2 Å². The van der Waals surface area contributed by atoms with E-state index < -0.39 is 0 Å². The van der Waals surface area contributed by atoms with Gasteiger partial charge in [0.25, 0.3) is 0 Å². The third kappa shape index (κ3) is 2.56. The molecule has 0 saturated carbocycles. The Balaban J connectivity index is 2.14. The smallest absolute Gasteiger partial charge is 0.0741 e. The van der Waals surface area contributed by atoms with E-state index >= 15 is 0 Å². The summed E-state index contributed by atoms with van der Waals surface area (Å²) in [6.07, 6.45) is 0.860. The Kier molecular flexibility index (Phi) is 3.73. The van der Waals surface area contributed by atoms with Gasteiger partial charge < -0.3 is 0 Å². The third-order valence-electron chi connectivity index (χ3n) is 2.17. The van der Waals surface area contributed by atoms with E-state index in [4.69, 9.17) is 23.2 Å². The van der Waals surface area contributed by atoms with Gasteiger partial charge in [-0.3, -0.25) is 0 Å². The molecule has 2 rings (SSSR count). The first kappa shape index (κ1) is 11.5. The molecule has 0 bridgehead atoms. The summed E-state index contributed by atoms with van der Waals surface area (Å²) in [6.45, 7) is 2.01. The number of rotatable bonds is 3. The third-order valence-corrected chi connectivity index (χ3v) is 5.40. The molecule has 1 unspecified atom stereocenters. The van der Waals surface area contributed by atoms with Crippen molar-refractivity contribution in [3.8, 4) is 0 Å². The Bertz CT molecular complexity index is 431. The molecule has 0 amide bonds. The average molecular weight is 277 g/mol. The molecular weight excluding hydrogens is 267 g/mol. The predicted octanol–water partition coefficient (Wildman–Crippen LogP) is 5.29. The van der Waals surface area contributed by atoms with E-state index in [1.165, 1.54) is 4.88 Å². The van der Waals surface area contributed by atoms with E-state index in [2.05, 4.69) is 16.8 Å². The van der Waals surface area contributed by atoms with Crippen molar-refractivity contribution in [1.29, 1.82) is 0 Å². The highest BCUT2D eigenvalue weighted by Gasteiger charge is 2.16. The van der Waals surface area contributed by atoms with Crippen LogP contribution in [0.5, 0.6) is 0 Å². The molecule has 2 aromatic rings. The molecule has 0 radical (unpaired) electrons. The summed E-state index contributed by atoms with van der Waals surface area (Å²) in [4.78, 5) is 2.39. The van der Waals surface area contributed by atoms with E-state index in [0.717, 1.165) is 21.9 Å². The van der Waals surface area contributed by atoms with Crippen LogP contribution >= 0.6 is 45.9 Å². The minimum absolute atomic E-state index is 0.00477. The maximum Gasteiger partial charge on any atom is 0.0741 e. The Morgan fingerprint density at radius 3 is 2.73 bits per heavy atom. The van der Waals surface area contributed by atoms with Crippen molar-refractivity contribution in [1.82, 2.24) is 0 Å². The van der Waals surface area contributed by atoms with Gasteiger partial charge in [-0.05, 0) is 29.3 Å². The summed E-state index contributed by atoms with van der Waals surface area (Å²) in [7, 11) is 0. The van der Waals surface area contributed by atoms with Crippen LogP contribution in [0.4, 0.5) is 0 Å². The molecular formula is C11H10Cl2S2. The van der Waals surface area contributed by atoms with Crippen LogP contribution in [0.15, 0.2) is 22.9 Å². The highest BCUT2D eigenvalue weighted by molar-refractivity contribution is 7.11. The van der Waals surface area contributed by atoms with Crippen LogP contribution < -0.4 is 0 Å². The van der Waals surface area contributed by atoms with Gasteiger partial charge >= 0.3 is 0 Å². The monoisotopic (exact) mass is 276 g/mol. The molecule has 2 heterocycles. The lowest BCUT2D eigenvalue weighted by atomic mass is 10.2. The van der Waals surface area contributed by atoms with Gasteiger partial charge in [0.15, 0.2) is 0 Å². The summed E-state index contributed by atoms with van der Waals surface area (Å²) in [5.74, 6) is 0. The van der Waals surface area contributed by atoms with E-state index in [0.29, 0.717) is 0 Å². The van der Waals surface area contributed by atoms with Crippen molar-refractivity contribution in [2.45, 2.75) is 18.7 Å². The minimum Gasteiger partial charge on any atom is -0.149 e. The Morgan fingerprint density at radius 2 is 2.20 bits per heavy atom. The normalized spacial score (nSPS) is 13.0. The van der Waals surface area contributed by atoms with Crippen molar-refractivity contribution in [2.24, 2.45) is 0 Å². The van der Waals surface area contributed by atoms with E-state index in [1.807, 2.05) is 13.0 Å². The van der Waals surface area contributed by atoms with Crippen molar-refractivity contribution in [2.75, 3.05) is 0 Å². The summed E-state index contributed by atoms with van der Waals surface area (Å²) in [5, 5.41) is 4.95. The number of aryl methyl sites for hydroxylation is 1. The SMILES string of the molecule is Cc1csc(C(Cl)Cc2cccs2)c1Cl. The highest BCUT2D eigenvalue weighted by Crippen LogP contribution is 2.37. The van der Waals surface area contributed by atoms with Gasteiger partial charge in [-0.15, -0.1) is 34.3 Å². The van der Waals surface area contributed by atoms with Gasteiger partial charge in [-0.25, -0.2) is 0 Å². The summed E-state index contributed by atoms with van der Waals surface area (Å²) < 4.78 is 0. The van der Waals surface area contributed by atoms with Gasteiger partial charge in [-0.1, -0.05) is 17.7 Å². The van der Waals surface area contributed by atoms with Gasteiger partial charge in [0, 0.05) is 16.2 Å². The van der Waals surface area contributed by atoms with Crippen LogP contribution in [0.2, 0.25) is 5.02 Å². The molecule has 0 aliphatic rings. The minimum atomic E-state index is -0.00477. The van der Waals surface area contributed by atoms with Crippen LogP contribution in [0.25, 0.3) is 0 Å². The molecule has 0 aliphatic heterocycles. The topological polar surface area (TPSA) is 0 Å². The number of alkyl halides is 1. The lowest BCUT2D eigenvalue weighted by Gasteiger charge is -2.06. The zero-order valence-corrected chi connectivity index (χ0v) is 11.3. The van der Waals surface area contributed by atoms with Crippen molar-refractivity contribution in [3.63, 3.8) is 0 Å². The second kappa shape index (κ2) is 4.88. The van der Waals surface area contributed by atoms with Crippen molar-refractivity contribution >= 4 is 45.9 Å². The molecule has 80 valence electrons. The first-order valence-corrected chi connectivity index (χ1v) is 7.16. The van der Waals surface area contributed by atoms with Crippen LogP contribution in [0.1, 0.15) is 20.7 Å². The second-order valence-corrected chi connectivity index (χ2v) is 6.20. The van der Waals surface area contributed by atoms with Gasteiger partial charge in [0.05, 0.1) is 10.4 Å². The molecule has 0 spiro atoms. The largest absolute Gasteiger partial charge is 0.149 e. The van der Waals surface area contributed by atoms with Gasteiger partial charge in [-0.2, -0.15) is 0 Å². The van der Waals surface area contributed by atoms with Gasteiger partial charge in [0.1, 0.15) is 0 Å². The van der Waals surface area contributed by atoms with E-state index in [9.17, 15) is 0 Å². The molecule has 0 nitrogen and oxygen atoms in total. The second-order valence-electron chi connectivity index (χ2n) is 3.35. The summed E-state index contributed by atoms with van der Waals surface area (Å²) in [6, 6.07) is 4.15.